The Kier molecular flexibility index (Phi) is 3.26. The van der Waals surface area contributed by atoms with Gasteiger partial charge in [-0.05, 0) is 30.5 Å². The molecule has 0 fully saturated rings. The number of halogens is 3. The monoisotopic (exact) mass is 232 g/mol. The van der Waals surface area contributed by atoms with Gasteiger partial charge in [-0.1, -0.05) is 18.2 Å². The second-order valence-corrected chi connectivity index (χ2v) is 3.60. The maximum atomic E-state index is 12.6. The molecule has 16 heavy (non-hydrogen) atoms. The van der Waals surface area contributed by atoms with Gasteiger partial charge in [0.15, 0.2) is 5.92 Å². The van der Waals surface area contributed by atoms with Crippen molar-refractivity contribution in [1.82, 2.24) is 0 Å². The highest BCUT2D eigenvalue weighted by Gasteiger charge is 2.46. The molecule has 0 amide bonds. The van der Waals surface area contributed by atoms with Crippen molar-refractivity contribution in [3.8, 4) is 0 Å². The molecule has 1 unspecified atom stereocenters. The molecule has 0 saturated carbocycles. The predicted octanol–water partition coefficient (Wildman–Crippen LogP) is 3.03. The van der Waals surface area contributed by atoms with E-state index in [1.807, 2.05) is 0 Å². The van der Waals surface area contributed by atoms with Gasteiger partial charge in [0.2, 0.25) is 0 Å². The number of aliphatic carboxylic acids is 1. The molecule has 0 saturated heterocycles. The number of carboxylic acids is 1. The number of rotatable bonds is 2. The van der Waals surface area contributed by atoms with Crippen molar-refractivity contribution in [2.45, 2.75) is 25.9 Å². The van der Waals surface area contributed by atoms with Crippen LogP contribution in [0.1, 0.15) is 22.6 Å². The quantitative estimate of drug-likeness (QED) is 0.850. The number of carboxylic acid groups (broad SMARTS) is 1. The molecule has 0 spiro atoms. The van der Waals surface area contributed by atoms with Gasteiger partial charge in [0, 0.05) is 0 Å². The lowest BCUT2D eigenvalue weighted by Gasteiger charge is -2.19. The van der Waals surface area contributed by atoms with Crippen LogP contribution in [0.5, 0.6) is 0 Å². The molecule has 1 aromatic rings. The summed E-state index contributed by atoms with van der Waals surface area (Å²) in [6.07, 6.45) is -4.77. The first-order valence-electron chi connectivity index (χ1n) is 4.60. The van der Waals surface area contributed by atoms with Gasteiger partial charge in [-0.2, -0.15) is 13.2 Å². The summed E-state index contributed by atoms with van der Waals surface area (Å²) in [5.41, 5.74) is 0.820. The zero-order valence-corrected chi connectivity index (χ0v) is 8.80. The van der Waals surface area contributed by atoms with Crippen LogP contribution in [-0.4, -0.2) is 17.3 Å². The van der Waals surface area contributed by atoms with Crippen LogP contribution in [0.25, 0.3) is 0 Å². The Bertz CT molecular complexity index is 410. The SMILES string of the molecule is Cc1cccc(C(C(=O)O)C(F)(F)F)c1C. The van der Waals surface area contributed by atoms with E-state index < -0.39 is 18.1 Å². The van der Waals surface area contributed by atoms with E-state index in [1.54, 1.807) is 13.0 Å². The van der Waals surface area contributed by atoms with Crippen molar-refractivity contribution < 1.29 is 23.1 Å². The van der Waals surface area contributed by atoms with E-state index in [9.17, 15) is 18.0 Å². The predicted molar refractivity (Wildman–Crippen MR) is 52.3 cm³/mol. The average molecular weight is 232 g/mol. The summed E-state index contributed by atoms with van der Waals surface area (Å²) in [6, 6.07) is 4.28. The molecule has 1 rings (SSSR count). The Morgan fingerprint density at radius 3 is 2.31 bits per heavy atom. The number of aryl methyl sites for hydroxylation is 1. The fourth-order valence-electron chi connectivity index (χ4n) is 1.54. The summed E-state index contributed by atoms with van der Waals surface area (Å²) < 4.78 is 37.8. The molecule has 0 aliphatic carbocycles. The van der Waals surface area contributed by atoms with Crippen molar-refractivity contribution in [3.63, 3.8) is 0 Å². The fourth-order valence-corrected chi connectivity index (χ4v) is 1.54. The number of carbonyl (C=O) groups is 1. The minimum absolute atomic E-state index is 0.194. The summed E-state index contributed by atoms with van der Waals surface area (Å²) in [7, 11) is 0. The highest BCUT2D eigenvalue weighted by molar-refractivity contribution is 5.77. The summed E-state index contributed by atoms with van der Waals surface area (Å²) >= 11 is 0. The third-order valence-corrected chi connectivity index (χ3v) is 2.53. The van der Waals surface area contributed by atoms with Crippen molar-refractivity contribution >= 4 is 5.97 Å². The highest BCUT2D eigenvalue weighted by atomic mass is 19.4. The van der Waals surface area contributed by atoms with Crippen LogP contribution in [-0.2, 0) is 4.79 Å². The van der Waals surface area contributed by atoms with E-state index in [0.717, 1.165) is 0 Å². The van der Waals surface area contributed by atoms with Crippen LogP contribution >= 0.6 is 0 Å². The Balaban J connectivity index is 3.33. The van der Waals surface area contributed by atoms with Gasteiger partial charge in [-0.3, -0.25) is 4.79 Å². The summed E-state index contributed by atoms with van der Waals surface area (Å²) in [5, 5.41) is 8.66. The van der Waals surface area contributed by atoms with Gasteiger partial charge in [-0.25, -0.2) is 0 Å². The van der Waals surface area contributed by atoms with E-state index in [1.165, 1.54) is 19.1 Å². The molecule has 0 heterocycles. The molecule has 0 bridgehead atoms. The molecule has 5 heteroatoms. The number of hydrogen-bond acceptors (Lipinski definition) is 1. The lowest BCUT2D eigenvalue weighted by molar-refractivity contribution is -0.176. The Hall–Kier alpha value is -1.52. The molecule has 0 aromatic heterocycles. The molecule has 0 aliphatic rings. The van der Waals surface area contributed by atoms with E-state index in [2.05, 4.69) is 0 Å². The average Bonchev–Trinajstić information content (AvgIpc) is 2.09. The van der Waals surface area contributed by atoms with Crippen LogP contribution in [0.15, 0.2) is 18.2 Å². The largest absolute Gasteiger partial charge is 0.481 e. The van der Waals surface area contributed by atoms with Crippen LogP contribution in [0.3, 0.4) is 0 Å². The molecule has 1 N–H and O–H groups in total. The molecule has 2 nitrogen and oxygen atoms in total. The smallest absolute Gasteiger partial charge is 0.406 e. The van der Waals surface area contributed by atoms with E-state index in [0.29, 0.717) is 11.1 Å². The molecule has 0 aliphatic heterocycles. The van der Waals surface area contributed by atoms with Crippen LogP contribution in [0, 0.1) is 13.8 Å². The zero-order chi connectivity index (χ0) is 12.5. The van der Waals surface area contributed by atoms with Crippen molar-refractivity contribution in [2.24, 2.45) is 0 Å². The van der Waals surface area contributed by atoms with Crippen molar-refractivity contribution in [3.05, 3.63) is 34.9 Å². The van der Waals surface area contributed by atoms with Gasteiger partial charge in [0.05, 0.1) is 0 Å². The first-order chi connectivity index (χ1) is 7.25. The van der Waals surface area contributed by atoms with Gasteiger partial charge in [-0.15, -0.1) is 0 Å². The second kappa shape index (κ2) is 4.15. The van der Waals surface area contributed by atoms with Crippen LogP contribution < -0.4 is 0 Å². The van der Waals surface area contributed by atoms with E-state index >= 15 is 0 Å². The molecule has 1 atom stereocenters. The number of hydrogen-bond donors (Lipinski definition) is 1. The fraction of sp³-hybridized carbons (Fsp3) is 0.364. The first-order valence-corrected chi connectivity index (χ1v) is 4.60. The van der Waals surface area contributed by atoms with Gasteiger partial charge >= 0.3 is 12.1 Å². The third-order valence-electron chi connectivity index (χ3n) is 2.53. The maximum absolute atomic E-state index is 12.6. The third kappa shape index (κ3) is 2.35. The topological polar surface area (TPSA) is 37.3 Å². The zero-order valence-electron chi connectivity index (χ0n) is 8.80. The van der Waals surface area contributed by atoms with Crippen LogP contribution in [0.4, 0.5) is 13.2 Å². The minimum atomic E-state index is -4.77. The van der Waals surface area contributed by atoms with Crippen molar-refractivity contribution in [2.75, 3.05) is 0 Å². The van der Waals surface area contributed by atoms with Gasteiger partial charge in [0.1, 0.15) is 0 Å². The molecular weight excluding hydrogens is 221 g/mol. The number of alkyl halides is 3. The second-order valence-electron chi connectivity index (χ2n) is 3.60. The Morgan fingerprint density at radius 2 is 1.88 bits per heavy atom. The standard InChI is InChI=1S/C11H11F3O2/c1-6-4-3-5-8(7(6)2)9(10(15)16)11(12,13)14/h3-5,9H,1-2H3,(H,15,16). The molecule has 1 aromatic carbocycles. The number of benzene rings is 1. The lowest BCUT2D eigenvalue weighted by Crippen LogP contribution is -2.29. The Morgan fingerprint density at radius 1 is 1.31 bits per heavy atom. The summed E-state index contributed by atoms with van der Waals surface area (Å²) in [5.74, 6) is -4.33. The van der Waals surface area contributed by atoms with Crippen molar-refractivity contribution in [1.29, 1.82) is 0 Å². The molecule has 0 radical (unpaired) electrons. The molecular formula is C11H11F3O2. The minimum Gasteiger partial charge on any atom is -0.481 e. The summed E-state index contributed by atoms with van der Waals surface area (Å²) in [4.78, 5) is 10.7. The van der Waals surface area contributed by atoms with Gasteiger partial charge in [0.25, 0.3) is 0 Å². The normalized spacial score (nSPS) is 13.6. The van der Waals surface area contributed by atoms with E-state index in [4.69, 9.17) is 5.11 Å². The first kappa shape index (κ1) is 12.5. The highest BCUT2D eigenvalue weighted by Crippen LogP contribution is 2.37. The van der Waals surface area contributed by atoms with Crippen LogP contribution in [0.2, 0.25) is 0 Å². The lowest BCUT2D eigenvalue weighted by atomic mass is 9.92. The summed E-state index contributed by atoms with van der Waals surface area (Å²) in [6.45, 7) is 3.14. The maximum Gasteiger partial charge on any atom is 0.406 e. The Labute approximate surface area is 90.7 Å². The van der Waals surface area contributed by atoms with E-state index in [-0.39, 0.29) is 5.56 Å². The van der Waals surface area contributed by atoms with Gasteiger partial charge < -0.3 is 5.11 Å². The molecule has 88 valence electrons.